The molecule has 9 heteroatoms. The van der Waals surface area contributed by atoms with Gasteiger partial charge in [0.2, 0.25) is 5.95 Å². The van der Waals surface area contributed by atoms with E-state index in [9.17, 15) is 14.1 Å². The smallest absolute Gasteiger partial charge is 0.410 e. The maximum absolute atomic E-state index is 12.5. The van der Waals surface area contributed by atoms with Crippen molar-refractivity contribution in [1.82, 2.24) is 14.9 Å². The molecule has 3 rings (SSSR count). The normalized spacial score (nSPS) is 18.1. The van der Waals surface area contributed by atoms with Crippen LogP contribution < -0.4 is 5.73 Å². The van der Waals surface area contributed by atoms with E-state index in [1.54, 1.807) is 29.4 Å². The lowest BCUT2D eigenvalue weighted by atomic mass is 9.93. The predicted octanol–water partition coefficient (Wildman–Crippen LogP) is 3.28. The zero-order valence-electron chi connectivity index (χ0n) is 17.7. The van der Waals surface area contributed by atoms with Crippen molar-refractivity contribution >= 4 is 22.8 Å². The van der Waals surface area contributed by atoms with Gasteiger partial charge >= 0.3 is 6.09 Å². The summed E-state index contributed by atoms with van der Waals surface area (Å²) in [6.45, 7) is 6.62. The highest BCUT2D eigenvalue weighted by Crippen LogP contribution is 2.33. The number of nitrogen functional groups attached to an aromatic ring is 1. The van der Waals surface area contributed by atoms with Gasteiger partial charge < -0.3 is 20.5 Å². The largest absolute Gasteiger partial charge is 0.507 e. The number of likely N-dealkylation sites (tertiary alicyclic amines) is 1. The van der Waals surface area contributed by atoms with Gasteiger partial charge in [-0.2, -0.15) is 0 Å². The number of phenols is 1. The second-order valence-electron chi connectivity index (χ2n) is 8.43. The van der Waals surface area contributed by atoms with Crippen LogP contribution in [0.3, 0.4) is 0 Å². The summed E-state index contributed by atoms with van der Waals surface area (Å²) in [6.07, 6.45) is 2.90. The molecule has 0 saturated carbocycles. The fourth-order valence-corrected chi connectivity index (χ4v) is 3.99. The van der Waals surface area contributed by atoms with Gasteiger partial charge in [0.25, 0.3) is 0 Å². The van der Waals surface area contributed by atoms with E-state index in [0.29, 0.717) is 34.9 Å². The monoisotopic (exact) mass is 432 g/mol. The van der Waals surface area contributed by atoms with Crippen molar-refractivity contribution in [3.63, 3.8) is 0 Å². The number of nitrogens with two attached hydrogens (primary N) is 1. The highest BCUT2D eigenvalue weighted by atomic mass is 32.2. The van der Waals surface area contributed by atoms with Crippen molar-refractivity contribution in [3.8, 4) is 17.0 Å². The molecule has 2 heterocycles. The van der Waals surface area contributed by atoms with Crippen LogP contribution in [0.2, 0.25) is 0 Å². The van der Waals surface area contributed by atoms with Gasteiger partial charge in [0, 0.05) is 46.5 Å². The second kappa shape index (κ2) is 8.59. The standard InChI is InChI=1S/C21H28N4O4S/c1-21(2,3)29-20(27)25-9-5-6-13(12-25)16-11-17(24-19(22)23-16)15-10-14(30(4)28)7-8-18(15)26/h7-8,10-11,13,26H,5-6,9,12H2,1-4H3,(H2,22,23,24). The van der Waals surface area contributed by atoms with Crippen molar-refractivity contribution in [3.05, 3.63) is 30.0 Å². The molecule has 0 bridgehead atoms. The van der Waals surface area contributed by atoms with E-state index in [1.165, 1.54) is 6.07 Å². The highest BCUT2D eigenvalue weighted by Gasteiger charge is 2.29. The van der Waals surface area contributed by atoms with E-state index in [4.69, 9.17) is 10.5 Å². The molecular formula is C21H28N4O4S. The second-order valence-corrected chi connectivity index (χ2v) is 9.81. The first-order chi connectivity index (χ1) is 14.0. The van der Waals surface area contributed by atoms with Crippen molar-refractivity contribution in [2.75, 3.05) is 25.1 Å². The molecule has 1 amide bonds. The van der Waals surface area contributed by atoms with Gasteiger partial charge in [-0.3, -0.25) is 4.21 Å². The number of hydrogen-bond acceptors (Lipinski definition) is 7. The van der Waals surface area contributed by atoms with Crippen LogP contribution in [-0.4, -0.2) is 55.2 Å². The molecule has 1 saturated heterocycles. The lowest BCUT2D eigenvalue weighted by Gasteiger charge is -2.34. The van der Waals surface area contributed by atoms with Gasteiger partial charge in [-0.25, -0.2) is 14.8 Å². The first-order valence-corrected chi connectivity index (χ1v) is 11.4. The molecule has 8 nitrogen and oxygen atoms in total. The van der Waals surface area contributed by atoms with Gasteiger partial charge in [0.1, 0.15) is 11.4 Å². The maximum atomic E-state index is 12.5. The van der Waals surface area contributed by atoms with E-state index in [-0.39, 0.29) is 23.7 Å². The average molecular weight is 433 g/mol. The Balaban J connectivity index is 1.89. The zero-order chi connectivity index (χ0) is 22.1. The van der Waals surface area contributed by atoms with Gasteiger partial charge in [0.15, 0.2) is 0 Å². The summed E-state index contributed by atoms with van der Waals surface area (Å²) >= 11 is 0. The Morgan fingerprint density at radius 2 is 2.03 bits per heavy atom. The summed E-state index contributed by atoms with van der Waals surface area (Å²) in [5.41, 5.74) is 7.00. The summed E-state index contributed by atoms with van der Waals surface area (Å²) in [6, 6.07) is 6.52. The van der Waals surface area contributed by atoms with Crippen molar-refractivity contribution in [2.24, 2.45) is 0 Å². The van der Waals surface area contributed by atoms with Gasteiger partial charge in [0.05, 0.1) is 11.4 Å². The summed E-state index contributed by atoms with van der Waals surface area (Å²) < 4.78 is 17.3. The minimum Gasteiger partial charge on any atom is -0.507 e. The Morgan fingerprint density at radius 3 is 2.70 bits per heavy atom. The lowest BCUT2D eigenvalue weighted by molar-refractivity contribution is 0.0197. The predicted molar refractivity (Wildman–Crippen MR) is 116 cm³/mol. The number of hydrogen-bond donors (Lipinski definition) is 2. The maximum Gasteiger partial charge on any atom is 0.410 e. The zero-order valence-corrected chi connectivity index (χ0v) is 18.5. The van der Waals surface area contributed by atoms with Crippen LogP contribution in [0.25, 0.3) is 11.3 Å². The Labute approximate surface area is 178 Å². The number of rotatable bonds is 3. The van der Waals surface area contributed by atoms with Gasteiger partial charge in [-0.15, -0.1) is 0 Å². The molecule has 0 radical (unpaired) electrons. The molecule has 30 heavy (non-hydrogen) atoms. The topological polar surface area (TPSA) is 119 Å². The molecule has 1 aliphatic heterocycles. The number of aromatic nitrogens is 2. The van der Waals surface area contributed by atoms with Crippen LogP contribution >= 0.6 is 0 Å². The van der Waals surface area contributed by atoms with Crippen LogP contribution in [0.15, 0.2) is 29.2 Å². The Hall–Kier alpha value is -2.68. The third-order valence-corrected chi connectivity index (χ3v) is 5.75. The minimum absolute atomic E-state index is 0.0206. The van der Waals surface area contributed by atoms with Crippen molar-refractivity contribution in [1.29, 1.82) is 0 Å². The summed E-state index contributed by atoms with van der Waals surface area (Å²) in [5.74, 6) is 0.0764. The molecule has 1 aromatic heterocycles. The molecule has 162 valence electrons. The first-order valence-electron chi connectivity index (χ1n) is 9.82. The summed E-state index contributed by atoms with van der Waals surface area (Å²) in [4.78, 5) is 23.4. The number of piperidine rings is 1. The molecule has 2 unspecified atom stereocenters. The number of nitrogens with zero attached hydrogens (tertiary/aromatic N) is 3. The Kier molecular flexibility index (Phi) is 6.30. The van der Waals surface area contributed by atoms with Crippen LogP contribution in [0.5, 0.6) is 5.75 Å². The Morgan fingerprint density at radius 1 is 1.30 bits per heavy atom. The number of amides is 1. The molecule has 1 aromatic carbocycles. The van der Waals surface area contributed by atoms with Crippen LogP contribution in [0.4, 0.5) is 10.7 Å². The molecule has 3 N–H and O–H groups in total. The number of aromatic hydroxyl groups is 1. The van der Waals surface area contributed by atoms with E-state index in [0.717, 1.165) is 12.8 Å². The van der Waals surface area contributed by atoms with Crippen molar-refractivity contribution < 1.29 is 18.8 Å². The number of carbonyl (C=O) groups excluding carboxylic acids is 1. The molecule has 1 fully saturated rings. The molecule has 0 spiro atoms. The third kappa shape index (κ3) is 5.27. The molecular weight excluding hydrogens is 404 g/mol. The fourth-order valence-electron chi connectivity index (χ4n) is 3.44. The third-order valence-electron chi connectivity index (χ3n) is 4.83. The van der Waals surface area contributed by atoms with E-state index in [2.05, 4.69) is 9.97 Å². The van der Waals surface area contributed by atoms with Crippen LogP contribution in [0, 0.1) is 0 Å². The van der Waals surface area contributed by atoms with Gasteiger partial charge in [-0.1, -0.05) is 0 Å². The van der Waals surface area contributed by atoms with E-state index >= 15 is 0 Å². The Bertz CT molecular complexity index is 974. The molecule has 0 aliphatic carbocycles. The molecule has 2 atom stereocenters. The fraction of sp³-hybridized carbons (Fsp3) is 0.476. The van der Waals surface area contributed by atoms with Gasteiger partial charge in [-0.05, 0) is 57.9 Å². The number of phenolic OH excluding ortho intramolecular Hbond substituents is 1. The summed E-state index contributed by atoms with van der Waals surface area (Å²) in [7, 11) is -1.20. The quantitative estimate of drug-likeness (QED) is 0.764. The van der Waals surface area contributed by atoms with E-state index in [1.807, 2.05) is 20.8 Å². The number of ether oxygens (including phenoxy) is 1. The first kappa shape index (κ1) is 22.0. The lowest BCUT2D eigenvalue weighted by Crippen LogP contribution is -2.42. The van der Waals surface area contributed by atoms with E-state index < -0.39 is 16.4 Å². The molecule has 2 aromatic rings. The highest BCUT2D eigenvalue weighted by molar-refractivity contribution is 7.84. The minimum atomic E-state index is -1.20. The van der Waals surface area contributed by atoms with Crippen molar-refractivity contribution in [2.45, 2.75) is 50.0 Å². The van der Waals surface area contributed by atoms with Crippen LogP contribution in [0.1, 0.15) is 45.2 Å². The summed E-state index contributed by atoms with van der Waals surface area (Å²) in [5, 5.41) is 10.3. The number of carbonyl (C=O) groups is 1. The SMILES string of the molecule is CS(=O)c1ccc(O)c(-c2cc(C3CCCN(C(=O)OC(C)(C)C)C3)nc(N)n2)c1. The molecule has 1 aliphatic rings. The number of benzene rings is 1. The van der Waals surface area contributed by atoms with Crippen LogP contribution in [-0.2, 0) is 15.5 Å². The number of anilines is 1. The average Bonchev–Trinajstić information content (AvgIpc) is 2.66.